The largest absolute Gasteiger partial charge is 0.455 e. The Morgan fingerprint density at radius 3 is 1.91 bits per heavy atom. The average Bonchev–Trinajstić information content (AvgIpc) is 2.06. The second-order valence-corrected chi connectivity index (χ2v) is 4.09. The molecule has 1 unspecified atom stereocenters. The molecular formula is C8H15BO2. The fourth-order valence-corrected chi connectivity index (χ4v) is 2.79. The molecule has 62 valence electrons. The standard InChI is InChI=1S/C8H15BO2/c10-9(11)8-5-6-1-3-7(8)4-2-6/h6-8,10-11H,1-5H2. The van der Waals surface area contributed by atoms with Gasteiger partial charge in [-0.3, -0.25) is 0 Å². The summed E-state index contributed by atoms with van der Waals surface area (Å²) in [6.07, 6.45) is 6.17. The second kappa shape index (κ2) is 2.79. The normalized spacial score (nSPS) is 42.5. The Labute approximate surface area is 67.8 Å². The molecule has 3 aliphatic carbocycles. The molecule has 3 heteroatoms. The van der Waals surface area contributed by atoms with E-state index >= 15 is 0 Å². The number of rotatable bonds is 1. The van der Waals surface area contributed by atoms with Gasteiger partial charge in [0.1, 0.15) is 0 Å². The molecule has 0 aliphatic heterocycles. The van der Waals surface area contributed by atoms with E-state index in [1.54, 1.807) is 0 Å². The minimum Gasteiger partial charge on any atom is -0.427 e. The molecule has 0 aromatic carbocycles. The zero-order chi connectivity index (χ0) is 7.84. The van der Waals surface area contributed by atoms with Gasteiger partial charge in [0, 0.05) is 0 Å². The maximum atomic E-state index is 9.05. The highest BCUT2D eigenvalue weighted by Gasteiger charge is 2.40. The molecule has 3 rings (SSSR count). The molecular weight excluding hydrogens is 139 g/mol. The number of hydrogen-bond acceptors (Lipinski definition) is 2. The van der Waals surface area contributed by atoms with Crippen LogP contribution in [0.5, 0.6) is 0 Å². The molecule has 0 aromatic rings. The van der Waals surface area contributed by atoms with Crippen LogP contribution in [-0.4, -0.2) is 17.2 Å². The molecule has 2 N–H and O–H groups in total. The smallest absolute Gasteiger partial charge is 0.427 e. The van der Waals surface area contributed by atoms with E-state index < -0.39 is 7.12 Å². The molecule has 0 saturated heterocycles. The van der Waals surface area contributed by atoms with Crippen LogP contribution < -0.4 is 0 Å². The molecule has 0 amide bonds. The molecule has 2 nitrogen and oxygen atoms in total. The molecule has 3 aliphatic rings. The van der Waals surface area contributed by atoms with Crippen molar-refractivity contribution in [2.24, 2.45) is 11.8 Å². The lowest BCUT2D eigenvalue weighted by atomic mass is 9.52. The van der Waals surface area contributed by atoms with Gasteiger partial charge in [-0.05, 0) is 24.1 Å². The van der Waals surface area contributed by atoms with Crippen molar-refractivity contribution in [1.29, 1.82) is 0 Å². The summed E-state index contributed by atoms with van der Waals surface area (Å²) >= 11 is 0. The fourth-order valence-electron chi connectivity index (χ4n) is 2.79. The summed E-state index contributed by atoms with van der Waals surface area (Å²) in [5.74, 6) is 1.61. The van der Waals surface area contributed by atoms with Crippen molar-refractivity contribution in [1.82, 2.24) is 0 Å². The summed E-state index contributed by atoms with van der Waals surface area (Å²) in [7, 11) is -1.05. The van der Waals surface area contributed by atoms with Crippen LogP contribution >= 0.6 is 0 Å². The van der Waals surface area contributed by atoms with Gasteiger partial charge in [0.15, 0.2) is 0 Å². The Morgan fingerprint density at radius 2 is 1.64 bits per heavy atom. The van der Waals surface area contributed by atoms with Gasteiger partial charge in [-0.15, -0.1) is 0 Å². The number of hydrogen-bond donors (Lipinski definition) is 2. The quantitative estimate of drug-likeness (QED) is 0.554. The first kappa shape index (κ1) is 7.62. The third-order valence-electron chi connectivity index (χ3n) is 3.49. The van der Waals surface area contributed by atoms with Crippen molar-refractivity contribution < 1.29 is 10.0 Å². The van der Waals surface area contributed by atoms with E-state index in [1.807, 2.05) is 0 Å². The van der Waals surface area contributed by atoms with Gasteiger partial charge in [0.25, 0.3) is 0 Å². The van der Waals surface area contributed by atoms with Crippen molar-refractivity contribution in [3.05, 3.63) is 0 Å². The highest BCUT2D eigenvalue weighted by atomic mass is 16.4. The maximum absolute atomic E-state index is 9.05. The lowest BCUT2D eigenvalue weighted by molar-refractivity contribution is 0.154. The summed E-state index contributed by atoms with van der Waals surface area (Å²) in [6.45, 7) is 0. The zero-order valence-corrected chi connectivity index (χ0v) is 6.74. The molecule has 3 saturated carbocycles. The number of fused-ring (bicyclic) bond motifs is 3. The van der Waals surface area contributed by atoms with Crippen LogP contribution in [0.25, 0.3) is 0 Å². The molecule has 0 heterocycles. The molecule has 0 aromatic heterocycles. The van der Waals surface area contributed by atoms with Crippen molar-refractivity contribution in [3.8, 4) is 0 Å². The first-order chi connectivity index (χ1) is 5.27. The van der Waals surface area contributed by atoms with Crippen molar-refractivity contribution in [2.45, 2.75) is 37.9 Å². The van der Waals surface area contributed by atoms with Crippen LogP contribution in [0.3, 0.4) is 0 Å². The first-order valence-electron chi connectivity index (χ1n) is 4.63. The molecule has 0 spiro atoms. The van der Waals surface area contributed by atoms with Crippen LogP contribution in [0.2, 0.25) is 5.82 Å². The molecule has 1 atom stereocenters. The summed E-state index contributed by atoms with van der Waals surface area (Å²) < 4.78 is 0. The highest BCUT2D eigenvalue weighted by molar-refractivity contribution is 6.43. The van der Waals surface area contributed by atoms with Crippen LogP contribution in [0.1, 0.15) is 32.1 Å². The van der Waals surface area contributed by atoms with Gasteiger partial charge in [-0.25, -0.2) is 0 Å². The Morgan fingerprint density at radius 1 is 1.00 bits per heavy atom. The van der Waals surface area contributed by atoms with Gasteiger partial charge >= 0.3 is 7.12 Å². The molecule has 2 bridgehead atoms. The summed E-state index contributed by atoms with van der Waals surface area (Å²) in [5, 5.41) is 18.1. The minimum atomic E-state index is -1.05. The SMILES string of the molecule is OB(O)C1CC2CCC1CC2. The van der Waals surface area contributed by atoms with E-state index in [4.69, 9.17) is 10.0 Å². The van der Waals surface area contributed by atoms with Gasteiger partial charge < -0.3 is 10.0 Å². The lowest BCUT2D eigenvalue weighted by Gasteiger charge is -2.41. The van der Waals surface area contributed by atoms with E-state index in [1.165, 1.54) is 25.7 Å². The predicted octanol–water partition coefficient (Wildman–Crippen LogP) is 1.04. The Kier molecular flexibility index (Phi) is 1.94. The van der Waals surface area contributed by atoms with Gasteiger partial charge in [0.2, 0.25) is 0 Å². The summed E-state index contributed by atoms with van der Waals surface area (Å²) in [5.41, 5.74) is 0. The zero-order valence-electron chi connectivity index (χ0n) is 6.74. The van der Waals surface area contributed by atoms with E-state index in [2.05, 4.69) is 0 Å². The third-order valence-corrected chi connectivity index (χ3v) is 3.49. The first-order valence-corrected chi connectivity index (χ1v) is 4.63. The van der Waals surface area contributed by atoms with Crippen LogP contribution in [-0.2, 0) is 0 Å². The van der Waals surface area contributed by atoms with E-state index in [0.717, 1.165) is 12.3 Å². The van der Waals surface area contributed by atoms with Crippen molar-refractivity contribution in [2.75, 3.05) is 0 Å². The highest BCUT2D eigenvalue weighted by Crippen LogP contribution is 2.48. The topological polar surface area (TPSA) is 40.5 Å². The van der Waals surface area contributed by atoms with Crippen molar-refractivity contribution in [3.63, 3.8) is 0 Å². The monoisotopic (exact) mass is 154 g/mol. The van der Waals surface area contributed by atoms with Crippen LogP contribution in [0, 0.1) is 11.8 Å². The second-order valence-electron chi connectivity index (χ2n) is 4.09. The Balaban J connectivity index is 2.03. The van der Waals surface area contributed by atoms with Gasteiger partial charge in [0.05, 0.1) is 0 Å². The summed E-state index contributed by atoms with van der Waals surface area (Å²) in [4.78, 5) is 0. The van der Waals surface area contributed by atoms with E-state index in [-0.39, 0.29) is 5.82 Å². The average molecular weight is 154 g/mol. The molecule has 3 fully saturated rings. The lowest BCUT2D eigenvalue weighted by Crippen LogP contribution is -2.36. The molecule has 11 heavy (non-hydrogen) atoms. The predicted molar refractivity (Wildman–Crippen MR) is 44.0 cm³/mol. The fraction of sp³-hybridized carbons (Fsp3) is 1.00. The van der Waals surface area contributed by atoms with E-state index in [0.29, 0.717) is 5.92 Å². The summed E-state index contributed by atoms with van der Waals surface area (Å²) in [6, 6.07) is 0. The van der Waals surface area contributed by atoms with Gasteiger partial charge in [-0.1, -0.05) is 25.7 Å². The Bertz CT molecular complexity index is 141. The van der Waals surface area contributed by atoms with E-state index in [9.17, 15) is 0 Å². The van der Waals surface area contributed by atoms with Crippen molar-refractivity contribution >= 4 is 7.12 Å². The molecule has 0 radical (unpaired) electrons. The van der Waals surface area contributed by atoms with Crippen LogP contribution in [0.4, 0.5) is 0 Å². The maximum Gasteiger partial charge on any atom is 0.455 e. The third kappa shape index (κ3) is 1.32. The Hall–Kier alpha value is -0.0151. The van der Waals surface area contributed by atoms with Gasteiger partial charge in [-0.2, -0.15) is 0 Å². The minimum absolute atomic E-state index is 0.197. The van der Waals surface area contributed by atoms with Crippen LogP contribution in [0.15, 0.2) is 0 Å².